The Kier molecular flexibility index (Phi) is 6.96. The number of esters is 1. The SMILES string of the molecule is CCCCCCOC(=O)CC(=O)O. The lowest BCUT2D eigenvalue weighted by Crippen LogP contribution is -2.11. The third kappa shape index (κ3) is 8.85. The molecule has 0 aromatic rings. The van der Waals surface area contributed by atoms with Gasteiger partial charge in [-0.3, -0.25) is 9.59 Å². The molecule has 4 nitrogen and oxygen atoms in total. The van der Waals surface area contributed by atoms with Crippen molar-refractivity contribution in [2.45, 2.75) is 39.0 Å². The van der Waals surface area contributed by atoms with Crippen LogP contribution in [0, 0.1) is 0 Å². The molecule has 0 atom stereocenters. The first kappa shape index (κ1) is 11.9. The van der Waals surface area contributed by atoms with E-state index >= 15 is 0 Å². The summed E-state index contributed by atoms with van der Waals surface area (Å²) in [5, 5.41) is 8.22. The zero-order valence-corrected chi connectivity index (χ0v) is 7.91. The minimum absolute atomic E-state index is 0.339. The zero-order chi connectivity index (χ0) is 10.1. The van der Waals surface area contributed by atoms with Crippen LogP contribution in [-0.2, 0) is 14.3 Å². The van der Waals surface area contributed by atoms with Gasteiger partial charge in [-0.2, -0.15) is 0 Å². The van der Waals surface area contributed by atoms with Crippen LogP contribution in [0.25, 0.3) is 0 Å². The highest BCUT2D eigenvalue weighted by Crippen LogP contribution is 1.99. The summed E-state index contributed by atoms with van der Waals surface area (Å²) in [4.78, 5) is 20.7. The first-order valence-electron chi connectivity index (χ1n) is 4.54. The maximum absolute atomic E-state index is 10.7. The lowest BCUT2D eigenvalue weighted by molar-refractivity contribution is -0.151. The van der Waals surface area contributed by atoms with Crippen LogP contribution in [0.5, 0.6) is 0 Å². The highest BCUT2D eigenvalue weighted by Gasteiger charge is 2.07. The second kappa shape index (κ2) is 7.58. The van der Waals surface area contributed by atoms with Gasteiger partial charge in [0, 0.05) is 0 Å². The zero-order valence-electron chi connectivity index (χ0n) is 7.91. The Labute approximate surface area is 77.9 Å². The molecule has 0 saturated carbocycles. The highest BCUT2D eigenvalue weighted by molar-refractivity contribution is 5.90. The predicted molar refractivity (Wildman–Crippen MR) is 47.4 cm³/mol. The molecule has 0 aliphatic carbocycles. The van der Waals surface area contributed by atoms with E-state index in [2.05, 4.69) is 11.7 Å². The molecule has 0 radical (unpaired) electrons. The maximum atomic E-state index is 10.7. The smallest absolute Gasteiger partial charge is 0.317 e. The number of carboxylic acids is 1. The van der Waals surface area contributed by atoms with Crippen molar-refractivity contribution in [1.82, 2.24) is 0 Å². The average Bonchev–Trinajstić information content (AvgIpc) is 2.02. The molecule has 76 valence electrons. The van der Waals surface area contributed by atoms with Crippen LogP contribution in [0.1, 0.15) is 39.0 Å². The molecule has 0 aliphatic rings. The Morgan fingerprint density at radius 3 is 2.46 bits per heavy atom. The van der Waals surface area contributed by atoms with Crippen LogP contribution in [-0.4, -0.2) is 23.7 Å². The number of ether oxygens (including phenoxy) is 1. The average molecular weight is 188 g/mol. The Morgan fingerprint density at radius 2 is 1.92 bits per heavy atom. The van der Waals surface area contributed by atoms with E-state index in [0.29, 0.717) is 6.61 Å². The van der Waals surface area contributed by atoms with Crippen molar-refractivity contribution in [2.75, 3.05) is 6.61 Å². The van der Waals surface area contributed by atoms with Crippen LogP contribution in [0.3, 0.4) is 0 Å². The molecular weight excluding hydrogens is 172 g/mol. The standard InChI is InChI=1S/C9H16O4/c1-2-3-4-5-6-13-9(12)7-8(10)11/h2-7H2,1H3,(H,10,11). The third-order valence-corrected chi connectivity index (χ3v) is 1.56. The van der Waals surface area contributed by atoms with Gasteiger partial charge in [-0.15, -0.1) is 0 Å². The van der Waals surface area contributed by atoms with Crippen molar-refractivity contribution >= 4 is 11.9 Å². The van der Waals surface area contributed by atoms with Gasteiger partial charge >= 0.3 is 11.9 Å². The molecule has 0 spiro atoms. The number of carbonyl (C=O) groups excluding carboxylic acids is 1. The quantitative estimate of drug-likeness (QED) is 0.374. The maximum Gasteiger partial charge on any atom is 0.317 e. The van der Waals surface area contributed by atoms with Crippen molar-refractivity contribution in [2.24, 2.45) is 0 Å². The van der Waals surface area contributed by atoms with Crippen molar-refractivity contribution in [3.63, 3.8) is 0 Å². The van der Waals surface area contributed by atoms with Gasteiger partial charge in [-0.05, 0) is 6.42 Å². The lowest BCUT2D eigenvalue weighted by Gasteiger charge is -2.01. The van der Waals surface area contributed by atoms with E-state index in [-0.39, 0.29) is 0 Å². The minimum Gasteiger partial charge on any atom is -0.481 e. The number of aliphatic carboxylic acids is 1. The van der Waals surface area contributed by atoms with E-state index < -0.39 is 18.4 Å². The van der Waals surface area contributed by atoms with Gasteiger partial charge in [0.1, 0.15) is 6.42 Å². The number of unbranched alkanes of at least 4 members (excludes halogenated alkanes) is 3. The molecule has 0 aromatic heterocycles. The third-order valence-electron chi connectivity index (χ3n) is 1.56. The Bertz CT molecular complexity index is 165. The summed E-state index contributed by atoms with van der Waals surface area (Å²) in [6, 6.07) is 0. The van der Waals surface area contributed by atoms with Gasteiger partial charge in [0.05, 0.1) is 6.61 Å². The van der Waals surface area contributed by atoms with Crippen LogP contribution in [0.4, 0.5) is 0 Å². The van der Waals surface area contributed by atoms with Gasteiger partial charge in [0.25, 0.3) is 0 Å². The molecule has 13 heavy (non-hydrogen) atoms. The van der Waals surface area contributed by atoms with E-state index in [4.69, 9.17) is 5.11 Å². The molecule has 0 saturated heterocycles. The number of carboxylic acid groups (broad SMARTS) is 1. The lowest BCUT2D eigenvalue weighted by atomic mass is 10.2. The molecule has 0 amide bonds. The second-order valence-corrected chi connectivity index (χ2v) is 2.85. The number of hydrogen-bond donors (Lipinski definition) is 1. The Balaban J connectivity index is 3.22. The molecular formula is C9H16O4. The summed E-state index contributed by atoms with van der Waals surface area (Å²) in [6.07, 6.45) is 3.56. The summed E-state index contributed by atoms with van der Waals surface area (Å²) in [5.74, 6) is -1.79. The normalized spacial score (nSPS) is 9.62. The molecule has 1 N–H and O–H groups in total. The molecule has 0 heterocycles. The van der Waals surface area contributed by atoms with Gasteiger partial charge in [-0.1, -0.05) is 26.2 Å². The van der Waals surface area contributed by atoms with Gasteiger partial charge in [-0.25, -0.2) is 0 Å². The van der Waals surface area contributed by atoms with Crippen LogP contribution in [0.2, 0.25) is 0 Å². The van der Waals surface area contributed by atoms with Crippen molar-refractivity contribution in [1.29, 1.82) is 0 Å². The van der Waals surface area contributed by atoms with Crippen LogP contribution in [0.15, 0.2) is 0 Å². The van der Waals surface area contributed by atoms with Crippen LogP contribution >= 0.6 is 0 Å². The molecule has 4 heteroatoms. The highest BCUT2D eigenvalue weighted by atomic mass is 16.5. The summed E-state index contributed by atoms with van der Waals surface area (Å²) in [7, 11) is 0. The fourth-order valence-corrected chi connectivity index (χ4v) is 0.889. The molecule has 0 fully saturated rings. The predicted octanol–water partition coefficient (Wildman–Crippen LogP) is 1.58. The van der Waals surface area contributed by atoms with E-state index in [0.717, 1.165) is 25.7 Å². The first-order valence-corrected chi connectivity index (χ1v) is 4.54. The van der Waals surface area contributed by atoms with Gasteiger partial charge in [0.15, 0.2) is 0 Å². The first-order chi connectivity index (χ1) is 6.16. The van der Waals surface area contributed by atoms with Crippen molar-refractivity contribution < 1.29 is 19.4 Å². The van der Waals surface area contributed by atoms with Crippen molar-refractivity contribution in [3.8, 4) is 0 Å². The Hall–Kier alpha value is -1.06. The van der Waals surface area contributed by atoms with Crippen LogP contribution < -0.4 is 0 Å². The minimum atomic E-state index is -1.14. The van der Waals surface area contributed by atoms with Gasteiger partial charge in [0.2, 0.25) is 0 Å². The number of hydrogen-bond acceptors (Lipinski definition) is 3. The fourth-order valence-electron chi connectivity index (χ4n) is 0.889. The number of rotatable bonds is 7. The molecule has 0 aromatic carbocycles. The second-order valence-electron chi connectivity index (χ2n) is 2.85. The monoisotopic (exact) mass is 188 g/mol. The largest absolute Gasteiger partial charge is 0.481 e. The Morgan fingerprint density at radius 1 is 1.23 bits per heavy atom. The molecule has 0 bridgehead atoms. The van der Waals surface area contributed by atoms with Gasteiger partial charge < -0.3 is 9.84 Å². The summed E-state index contributed by atoms with van der Waals surface area (Å²) < 4.78 is 4.68. The number of carbonyl (C=O) groups is 2. The molecule has 0 unspecified atom stereocenters. The fraction of sp³-hybridized carbons (Fsp3) is 0.778. The van der Waals surface area contributed by atoms with E-state index in [1.807, 2.05) is 0 Å². The summed E-state index contributed by atoms with van der Waals surface area (Å²) in [6.45, 7) is 2.43. The van der Waals surface area contributed by atoms with E-state index in [1.165, 1.54) is 0 Å². The van der Waals surface area contributed by atoms with Crippen molar-refractivity contribution in [3.05, 3.63) is 0 Å². The summed E-state index contributed by atoms with van der Waals surface area (Å²) in [5.41, 5.74) is 0. The molecule has 0 aliphatic heterocycles. The van der Waals surface area contributed by atoms with E-state index in [1.54, 1.807) is 0 Å². The topological polar surface area (TPSA) is 63.6 Å². The summed E-state index contributed by atoms with van der Waals surface area (Å²) >= 11 is 0. The molecule has 0 rings (SSSR count). The van der Waals surface area contributed by atoms with E-state index in [9.17, 15) is 9.59 Å².